The second-order valence-corrected chi connectivity index (χ2v) is 4.94. The molecular weight excluding hydrogens is 298 g/mol. The number of hydrogen-bond acceptors (Lipinski definition) is 2. The number of carboxylic acids is 1. The molecule has 0 saturated heterocycles. The number of carboxylic acid groups (broad SMARTS) is 1. The van der Waals surface area contributed by atoms with Gasteiger partial charge in [-0.15, -0.1) is 0 Å². The molecule has 0 radical (unpaired) electrons. The molecule has 0 aliphatic rings. The van der Waals surface area contributed by atoms with Crippen LogP contribution in [0.25, 0.3) is 0 Å². The largest absolute Gasteiger partial charge is 0.481 e. The Labute approximate surface area is 115 Å². The number of rotatable bonds is 5. The first-order chi connectivity index (χ1) is 8.45. The molecule has 0 aromatic heterocycles. The van der Waals surface area contributed by atoms with Crippen LogP contribution >= 0.6 is 15.9 Å². The zero-order chi connectivity index (χ0) is 13.7. The normalized spacial score (nSPS) is 11.9. The van der Waals surface area contributed by atoms with Crippen LogP contribution in [0.1, 0.15) is 35.7 Å². The molecule has 5 heteroatoms. The third-order valence-electron chi connectivity index (χ3n) is 2.76. The zero-order valence-electron chi connectivity index (χ0n) is 10.4. The van der Waals surface area contributed by atoms with Crippen molar-refractivity contribution in [2.24, 2.45) is 0 Å². The van der Waals surface area contributed by atoms with Gasteiger partial charge in [0.05, 0.1) is 6.42 Å². The van der Waals surface area contributed by atoms with Gasteiger partial charge in [0.25, 0.3) is 5.91 Å². The Hall–Kier alpha value is -1.36. The van der Waals surface area contributed by atoms with Gasteiger partial charge in [0, 0.05) is 16.1 Å². The first-order valence-corrected chi connectivity index (χ1v) is 6.52. The van der Waals surface area contributed by atoms with E-state index in [4.69, 9.17) is 5.11 Å². The van der Waals surface area contributed by atoms with Crippen molar-refractivity contribution in [1.29, 1.82) is 0 Å². The summed E-state index contributed by atoms with van der Waals surface area (Å²) in [4.78, 5) is 22.7. The summed E-state index contributed by atoms with van der Waals surface area (Å²) in [7, 11) is 0. The summed E-state index contributed by atoms with van der Waals surface area (Å²) >= 11 is 3.36. The number of halogens is 1. The molecule has 0 spiro atoms. The van der Waals surface area contributed by atoms with Gasteiger partial charge in [0.2, 0.25) is 0 Å². The highest BCUT2D eigenvalue weighted by Crippen LogP contribution is 2.19. The molecule has 1 aromatic carbocycles. The van der Waals surface area contributed by atoms with Crippen LogP contribution in [0.2, 0.25) is 0 Å². The van der Waals surface area contributed by atoms with Crippen molar-refractivity contribution in [3.05, 3.63) is 33.8 Å². The van der Waals surface area contributed by atoms with Crippen molar-refractivity contribution in [3.63, 3.8) is 0 Å². The van der Waals surface area contributed by atoms with E-state index in [-0.39, 0.29) is 18.4 Å². The van der Waals surface area contributed by atoms with E-state index in [2.05, 4.69) is 21.2 Å². The topological polar surface area (TPSA) is 66.4 Å². The average Bonchev–Trinajstić information content (AvgIpc) is 2.31. The molecule has 0 bridgehead atoms. The van der Waals surface area contributed by atoms with Crippen LogP contribution in [0.15, 0.2) is 22.7 Å². The van der Waals surface area contributed by atoms with Crippen LogP contribution in [-0.4, -0.2) is 23.0 Å². The number of carbonyl (C=O) groups excluding carboxylic acids is 1. The third-order valence-corrected chi connectivity index (χ3v) is 3.62. The lowest BCUT2D eigenvalue weighted by molar-refractivity contribution is -0.137. The highest BCUT2D eigenvalue weighted by molar-refractivity contribution is 9.10. The van der Waals surface area contributed by atoms with Gasteiger partial charge in [0.1, 0.15) is 0 Å². The van der Waals surface area contributed by atoms with Crippen LogP contribution in [0.4, 0.5) is 0 Å². The van der Waals surface area contributed by atoms with Gasteiger partial charge in [-0.05, 0) is 31.0 Å². The zero-order valence-corrected chi connectivity index (χ0v) is 12.0. The number of amides is 1. The SMILES string of the molecule is CCC(CC(=O)O)NC(=O)c1cccc(Br)c1C. The Balaban J connectivity index is 2.81. The summed E-state index contributed by atoms with van der Waals surface area (Å²) in [5, 5.41) is 11.5. The van der Waals surface area contributed by atoms with Crippen LogP contribution in [0.3, 0.4) is 0 Å². The Morgan fingerprint density at radius 3 is 2.67 bits per heavy atom. The minimum Gasteiger partial charge on any atom is -0.481 e. The van der Waals surface area contributed by atoms with Crippen molar-refractivity contribution in [1.82, 2.24) is 5.32 Å². The average molecular weight is 314 g/mol. The molecule has 0 fully saturated rings. The van der Waals surface area contributed by atoms with E-state index >= 15 is 0 Å². The molecule has 0 saturated carbocycles. The Kier molecular flexibility index (Phi) is 5.34. The number of nitrogens with one attached hydrogen (secondary N) is 1. The quantitative estimate of drug-likeness (QED) is 0.878. The van der Waals surface area contributed by atoms with Gasteiger partial charge in [-0.3, -0.25) is 9.59 Å². The Bertz CT molecular complexity index is 460. The van der Waals surface area contributed by atoms with Gasteiger partial charge in [0.15, 0.2) is 0 Å². The first kappa shape index (κ1) is 14.7. The number of carbonyl (C=O) groups is 2. The molecule has 0 heterocycles. The third kappa shape index (κ3) is 3.84. The smallest absolute Gasteiger partial charge is 0.305 e. The minimum absolute atomic E-state index is 0.0602. The van der Waals surface area contributed by atoms with Crippen molar-refractivity contribution >= 4 is 27.8 Å². The maximum Gasteiger partial charge on any atom is 0.305 e. The molecule has 4 nitrogen and oxygen atoms in total. The molecular formula is C13H16BrNO3. The van der Waals surface area contributed by atoms with E-state index in [0.29, 0.717) is 12.0 Å². The molecule has 98 valence electrons. The summed E-state index contributed by atoms with van der Waals surface area (Å²) in [6.45, 7) is 3.69. The fourth-order valence-electron chi connectivity index (χ4n) is 1.62. The maximum absolute atomic E-state index is 12.0. The van der Waals surface area contributed by atoms with E-state index in [0.717, 1.165) is 10.0 Å². The van der Waals surface area contributed by atoms with E-state index in [1.54, 1.807) is 12.1 Å². The molecule has 0 aliphatic carbocycles. The highest BCUT2D eigenvalue weighted by Gasteiger charge is 2.17. The lowest BCUT2D eigenvalue weighted by Gasteiger charge is -2.16. The number of aliphatic carboxylic acids is 1. The van der Waals surface area contributed by atoms with Crippen LogP contribution < -0.4 is 5.32 Å². The van der Waals surface area contributed by atoms with Gasteiger partial charge in [-0.1, -0.05) is 28.9 Å². The van der Waals surface area contributed by atoms with Gasteiger partial charge >= 0.3 is 5.97 Å². The van der Waals surface area contributed by atoms with Crippen LogP contribution in [-0.2, 0) is 4.79 Å². The fraction of sp³-hybridized carbons (Fsp3) is 0.385. The Morgan fingerprint density at radius 1 is 1.44 bits per heavy atom. The molecule has 1 amide bonds. The second-order valence-electron chi connectivity index (χ2n) is 4.09. The molecule has 0 aliphatic heterocycles. The molecule has 1 unspecified atom stereocenters. The molecule has 2 N–H and O–H groups in total. The fourth-order valence-corrected chi connectivity index (χ4v) is 1.99. The van der Waals surface area contributed by atoms with E-state index in [1.807, 2.05) is 19.9 Å². The maximum atomic E-state index is 12.0. The predicted octanol–water partition coefficient (Wildman–Crippen LogP) is 2.74. The van der Waals surface area contributed by atoms with E-state index in [9.17, 15) is 9.59 Å². The monoisotopic (exact) mass is 313 g/mol. The molecule has 1 atom stereocenters. The summed E-state index contributed by atoms with van der Waals surface area (Å²) in [5.41, 5.74) is 1.41. The van der Waals surface area contributed by atoms with E-state index in [1.165, 1.54) is 0 Å². The van der Waals surface area contributed by atoms with Gasteiger partial charge in [-0.25, -0.2) is 0 Å². The summed E-state index contributed by atoms with van der Waals surface area (Å²) in [6, 6.07) is 5.03. The Morgan fingerprint density at radius 2 is 2.11 bits per heavy atom. The van der Waals surface area contributed by atoms with Crippen molar-refractivity contribution in [2.45, 2.75) is 32.7 Å². The van der Waals surface area contributed by atoms with Crippen molar-refractivity contribution in [3.8, 4) is 0 Å². The van der Waals surface area contributed by atoms with Gasteiger partial charge < -0.3 is 10.4 Å². The second kappa shape index (κ2) is 6.54. The van der Waals surface area contributed by atoms with Crippen LogP contribution in [0.5, 0.6) is 0 Å². The van der Waals surface area contributed by atoms with Gasteiger partial charge in [-0.2, -0.15) is 0 Å². The van der Waals surface area contributed by atoms with Crippen LogP contribution in [0, 0.1) is 6.92 Å². The summed E-state index contributed by atoms with van der Waals surface area (Å²) in [5.74, 6) is -1.14. The number of benzene rings is 1. The predicted molar refractivity (Wildman–Crippen MR) is 72.7 cm³/mol. The number of hydrogen-bond donors (Lipinski definition) is 2. The lowest BCUT2D eigenvalue weighted by atomic mass is 10.1. The highest BCUT2D eigenvalue weighted by atomic mass is 79.9. The van der Waals surface area contributed by atoms with Crippen molar-refractivity contribution < 1.29 is 14.7 Å². The standard InChI is InChI=1S/C13H16BrNO3/c1-3-9(7-12(16)17)15-13(18)10-5-4-6-11(14)8(10)2/h4-6,9H,3,7H2,1-2H3,(H,15,18)(H,16,17). The summed E-state index contributed by atoms with van der Waals surface area (Å²) < 4.78 is 0.862. The first-order valence-electron chi connectivity index (χ1n) is 5.73. The molecule has 18 heavy (non-hydrogen) atoms. The summed E-state index contributed by atoms with van der Waals surface area (Å²) in [6.07, 6.45) is 0.528. The van der Waals surface area contributed by atoms with Crippen molar-refractivity contribution in [2.75, 3.05) is 0 Å². The lowest BCUT2D eigenvalue weighted by Crippen LogP contribution is -2.36. The minimum atomic E-state index is -0.909. The van der Waals surface area contributed by atoms with E-state index < -0.39 is 5.97 Å². The molecule has 1 aromatic rings. The molecule has 1 rings (SSSR count).